The molecule has 39 heavy (non-hydrogen) atoms. The summed E-state index contributed by atoms with van der Waals surface area (Å²) < 4.78 is 26.9. The third-order valence-electron chi connectivity index (χ3n) is 7.41. The first-order chi connectivity index (χ1) is 19.0. The van der Waals surface area contributed by atoms with Gasteiger partial charge in [-0.05, 0) is 68.5 Å². The minimum atomic E-state index is -0.290. The van der Waals surface area contributed by atoms with Gasteiger partial charge in [-0.15, -0.1) is 0 Å². The van der Waals surface area contributed by atoms with Crippen molar-refractivity contribution in [3.63, 3.8) is 0 Å². The van der Waals surface area contributed by atoms with E-state index in [1.54, 1.807) is 17.0 Å². The minimum Gasteiger partial charge on any atom is -0.368 e. The van der Waals surface area contributed by atoms with Crippen molar-refractivity contribution in [1.82, 2.24) is 19.9 Å². The molecule has 4 aromatic rings. The van der Waals surface area contributed by atoms with Crippen molar-refractivity contribution in [3.05, 3.63) is 48.0 Å². The second-order valence-electron chi connectivity index (χ2n) is 10.1. The Morgan fingerprint density at radius 2 is 1.21 bits per heavy atom. The van der Waals surface area contributed by atoms with E-state index in [0.29, 0.717) is 29.9 Å². The lowest BCUT2D eigenvalue weighted by molar-refractivity contribution is -0.117. The summed E-state index contributed by atoms with van der Waals surface area (Å²) in [6, 6.07) is 9.06. The fourth-order valence-electron chi connectivity index (χ4n) is 5.49. The molecule has 9 nitrogen and oxygen atoms in total. The highest BCUT2D eigenvalue weighted by Crippen LogP contribution is 2.31. The van der Waals surface area contributed by atoms with Crippen molar-refractivity contribution in [2.75, 3.05) is 53.2 Å². The Morgan fingerprint density at radius 3 is 1.74 bits per heavy atom. The normalized spacial score (nSPS) is 17.4. The van der Waals surface area contributed by atoms with Gasteiger partial charge in [0.05, 0.1) is 11.0 Å². The highest BCUT2D eigenvalue weighted by molar-refractivity contribution is 5.97. The van der Waals surface area contributed by atoms with Crippen LogP contribution < -0.4 is 20.4 Å². The summed E-state index contributed by atoms with van der Waals surface area (Å²) >= 11 is 0. The standard InChI is InChI=1S/C16H17FN4O.C12H13FN4/c17-11-5-6-13-12(10-11)15(20-7-1-2-8-20)19-16(18-13)21-9-3-4-14(21)22;13-8-3-4-10-9(7-8)11(16-12(14)15-10)17-5-1-2-6-17/h5-6,10H,1-4,7-9H2;3-4,7H,1-2,5-6H2,(H2,14,15,16). The number of aromatic nitrogens is 4. The Balaban J connectivity index is 0.000000147. The number of nitrogen functional groups attached to an aromatic ring is 1. The number of halogens is 2. The van der Waals surface area contributed by atoms with Gasteiger partial charge in [-0.3, -0.25) is 9.69 Å². The summed E-state index contributed by atoms with van der Waals surface area (Å²) in [6.07, 6.45) is 5.88. The number of amides is 1. The summed E-state index contributed by atoms with van der Waals surface area (Å²) in [7, 11) is 0. The Bertz CT molecular complexity index is 1540. The molecular weight excluding hydrogens is 502 g/mol. The van der Waals surface area contributed by atoms with Crippen LogP contribution in [0.5, 0.6) is 0 Å². The first kappa shape index (κ1) is 25.1. The van der Waals surface area contributed by atoms with Gasteiger partial charge in [0, 0.05) is 49.9 Å². The van der Waals surface area contributed by atoms with Crippen LogP contribution in [0.4, 0.5) is 32.3 Å². The Morgan fingerprint density at radius 1 is 0.667 bits per heavy atom. The summed E-state index contributed by atoms with van der Waals surface area (Å²) in [5, 5.41) is 1.46. The summed E-state index contributed by atoms with van der Waals surface area (Å²) in [5.41, 5.74) is 7.07. The molecular formula is C28H30F2N8O. The highest BCUT2D eigenvalue weighted by Gasteiger charge is 2.27. The molecule has 0 saturated carbocycles. The molecule has 3 saturated heterocycles. The maximum absolute atomic E-state index is 13.6. The predicted molar refractivity (Wildman–Crippen MR) is 148 cm³/mol. The van der Waals surface area contributed by atoms with E-state index in [2.05, 4.69) is 29.7 Å². The van der Waals surface area contributed by atoms with Crippen LogP contribution in [0.1, 0.15) is 38.5 Å². The topological polar surface area (TPSA) is 104 Å². The van der Waals surface area contributed by atoms with E-state index in [4.69, 9.17) is 5.73 Å². The molecule has 0 unspecified atom stereocenters. The maximum atomic E-state index is 13.6. The van der Waals surface area contributed by atoms with E-state index in [9.17, 15) is 13.6 Å². The molecule has 5 heterocycles. The molecule has 202 valence electrons. The number of carbonyl (C=O) groups excluding carboxylic acids is 1. The Kier molecular flexibility index (Phi) is 6.80. The zero-order valence-corrected chi connectivity index (χ0v) is 21.6. The number of nitrogens with two attached hydrogens (primary N) is 1. The molecule has 0 aliphatic carbocycles. The number of carbonyl (C=O) groups is 1. The Hall–Kier alpha value is -4.15. The van der Waals surface area contributed by atoms with Gasteiger partial charge >= 0.3 is 0 Å². The van der Waals surface area contributed by atoms with Gasteiger partial charge < -0.3 is 15.5 Å². The number of hydrogen-bond acceptors (Lipinski definition) is 8. The molecule has 2 aromatic carbocycles. The molecule has 0 spiro atoms. The lowest BCUT2D eigenvalue weighted by atomic mass is 10.2. The van der Waals surface area contributed by atoms with Crippen LogP contribution in [-0.4, -0.2) is 58.6 Å². The molecule has 3 fully saturated rings. The number of fused-ring (bicyclic) bond motifs is 2. The first-order valence-electron chi connectivity index (χ1n) is 13.5. The molecule has 3 aliphatic heterocycles. The third-order valence-corrected chi connectivity index (χ3v) is 7.41. The zero-order chi connectivity index (χ0) is 26.9. The van der Waals surface area contributed by atoms with E-state index >= 15 is 0 Å². The lowest BCUT2D eigenvalue weighted by Crippen LogP contribution is -2.27. The molecule has 11 heteroatoms. The lowest BCUT2D eigenvalue weighted by Gasteiger charge is -2.21. The van der Waals surface area contributed by atoms with Crippen LogP contribution in [0, 0.1) is 11.6 Å². The molecule has 7 rings (SSSR count). The fourth-order valence-corrected chi connectivity index (χ4v) is 5.49. The summed E-state index contributed by atoms with van der Waals surface area (Å²) in [4.78, 5) is 35.4. The van der Waals surface area contributed by atoms with Crippen molar-refractivity contribution in [1.29, 1.82) is 0 Å². The van der Waals surface area contributed by atoms with Gasteiger partial charge in [0.25, 0.3) is 0 Å². The van der Waals surface area contributed by atoms with Gasteiger partial charge in [0.1, 0.15) is 23.3 Å². The van der Waals surface area contributed by atoms with Crippen molar-refractivity contribution >= 4 is 51.2 Å². The van der Waals surface area contributed by atoms with Crippen LogP contribution in [0.25, 0.3) is 21.8 Å². The van der Waals surface area contributed by atoms with Crippen molar-refractivity contribution < 1.29 is 13.6 Å². The molecule has 3 aliphatic rings. The average Bonchev–Trinajstić information content (AvgIpc) is 3.72. The van der Waals surface area contributed by atoms with Crippen molar-refractivity contribution in [3.8, 4) is 0 Å². The second-order valence-corrected chi connectivity index (χ2v) is 10.1. The number of hydrogen-bond donors (Lipinski definition) is 1. The molecule has 1 amide bonds. The molecule has 2 N–H and O–H groups in total. The smallest absolute Gasteiger partial charge is 0.234 e. The van der Waals surface area contributed by atoms with Crippen LogP contribution >= 0.6 is 0 Å². The van der Waals surface area contributed by atoms with Gasteiger partial charge in [0.15, 0.2) is 0 Å². The molecule has 2 aromatic heterocycles. The summed E-state index contributed by atoms with van der Waals surface area (Å²) in [5.74, 6) is 1.69. The quantitative estimate of drug-likeness (QED) is 0.413. The van der Waals surface area contributed by atoms with Crippen LogP contribution in [0.15, 0.2) is 36.4 Å². The second kappa shape index (κ2) is 10.5. The maximum Gasteiger partial charge on any atom is 0.234 e. The zero-order valence-electron chi connectivity index (χ0n) is 21.6. The Labute approximate surface area is 224 Å². The van der Waals surface area contributed by atoms with E-state index in [0.717, 1.165) is 80.7 Å². The van der Waals surface area contributed by atoms with E-state index in [-0.39, 0.29) is 23.5 Å². The largest absolute Gasteiger partial charge is 0.368 e. The third kappa shape index (κ3) is 5.13. The van der Waals surface area contributed by atoms with E-state index in [1.165, 1.54) is 24.3 Å². The molecule has 0 atom stereocenters. The highest BCUT2D eigenvalue weighted by atomic mass is 19.1. The van der Waals surface area contributed by atoms with E-state index in [1.807, 2.05) is 0 Å². The average molecular weight is 533 g/mol. The number of rotatable bonds is 3. The minimum absolute atomic E-state index is 0.0637. The van der Waals surface area contributed by atoms with Gasteiger partial charge in [-0.25, -0.2) is 18.7 Å². The van der Waals surface area contributed by atoms with Gasteiger partial charge in [-0.2, -0.15) is 9.97 Å². The number of benzene rings is 2. The first-order valence-corrected chi connectivity index (χ1v) is 13.5. The van der Waals surface area contributed by atoms with Crippen molar-refractivity contribution in [2.24, 2.45) is 0 Å². The SMILES string of the molecule is Nc1nc(N2CCCC2)c2cc(F)ccc2n1.O=C1CCCN1c1nc(N2CCCC2)c2cc(F)ccc2n1. The van der Waals surface area contributed by atoms with Gasteiger partial charge in [-0.1, -0.05) is 0 Å². The van der Waals surface area contributed by atoms with Crippen LogP contribution in [0.3, 0.4) is 0 Å². The van der Waals surface area contributed by atoms with Crippen LogP contribution in [0.2, 0.25) is 0 Å². The van der Waals surface area contributed by atoms with Crippen LogP contribution in [-0.2, 0) is 4.79 Å². The molecule has 0 radical (unpaired) electrons. The van der Waals surface area contributed by atoms with Crippen molar-refractivity contribution in [2.45, 2.75) is 38.5 Å². The predicted octanol–water partition coefficient (Wildman–Crippen LogP) is 4.45. The summed E-state index contributed by atoms with van der Waals surface area (Å²) in [6.45, 7) is 4.38. The number of anilines is 4. The van der Waals surface area contributed by atoms with Gasteiger partial charge in [0.2, 0.25) is 17.8 Å². The monoisotopic (exact) mass is 532 g/mol. The van der Waals surface area contributed by atoms with E-state index < -0.39 is 0 Å². The molecule has 0 bridgehead atoms. The number of nitrogens with zero attached hydrogens (tertiary/aromatic N) is 7. The fraction of sp³-hybridized carbons (Fsp3) is 0.393.